The van der Waals surface area contributed by atoms with Crippen LogP contribution in [0.5, 0.6) is 0 Å². The standard InChI is InChI=1S/C18H27O/c1-16(2,3)13-10-14(17(4,5)6)12-15(11-13)18(7,8)19-9/h10-12H,1-8H3. The van der Waals surface area contributed by atoms with Crippen LogP contribution in [0.1, 0.15) is 72.1 Å². The van der Waals surface area contributed by atoms with E-state index in [2.05, 4.69) is 59.7 Å². The van der Waals surface area contributed by atoms with E-state index >= 15 is 0 Å². The molecule has 0 atom stereocenters. The Hall–Kier alpha value is -0.820. The van der Waals surface area contributed by atoms with Crippen LogP contribution in [0, 0.1) is 7.11 Å². The molecule has 0 N–H and O–H groups in total. The van der Waals surface area contributed by atoms with Crippen LogP contribution in [0.15, 0.2) is 18.2 Å². The SMILES string of the molecule is [C]OC(C)(C)c1cc(C(C)(C)C)cc(C(C)(C)C)c1. The summed E-state index contributed by atoms with van der Waals surface area (Å²) in [6.07, 6.45) is 0. The molecule has 1 rings (SSSR count). The van der Waals surface area contributed by atoms with Crippen LogP contribution in [-0.4, -0.2) is 0 Å². The van der Waals surface area contributed by atoms with E-state index in [0.29, 0.717) is 0 Å². The molecule has 1 aromatic carbocycles. The average Bonchev–Trinajstić information content (AvgIpc) is 2.26. The summed E-state index contributed by atoms with van der Waals surface area (Å²) < 4.78 is 4.91. The molecule has 1 heteroatoms. The summed E-state index contributed by atoms with van der Waals surface area (Å²) >= 11 is 0. The van der Waals surface area contributed by atoms with Crippen molar-refractivity contribution in [1.29, 1.82) is 0 Å². The molecule has 1 aromatic rings. The maximum atomic E-state index is 7.30. The van der Waals surface area contributed by atoms with Crippen molar-refractivity contribution in [2.24, 2.45) is 0 Å². The summed E-state index contributed by atoms with van der Waals surface area (Å²) in [6, 6.07) is 6.62. The summed E-state index contributed by atoms with van der Waals surface area (Å²) in [4.78, 5) is 0. The van der Waals surface area contributed by atoms with Crippen molar-refractivity contribution in [3.63, 3.8) is 0 Å². The Balaban J connectivity index is 3.51. The van der Waals surface area contributed by atoms with Crippen molar-refractivity contribution < 1.29 is 4.74 Å². The average molecular weight is 259 g/mol. The van der Waals surface area contributed by atoms with Crippen molar-refractivity contribution in [2.45, 2.75) is 71.8 Å². The van der Waals surface area contributed by atoms with Crippen LogP contribution >= 0.6 is 0 Å². The van der Waals surface area contributed by atoms with Crippen molar-refractivity contribution in [3.05, 3.63) is 42.0 Å². The van der Waals surface area contributed by atoms with Crippen LogP contribution in [0.4, 0.5) is 0 Å². The molecule has 105 valence electrons. The molecule has 0 unspecified atom stereocenters. The molecule has 0 aliphatic carbocycles. The Morgan fingerprint density at radius 1 is 0.684 bits per heavy atom. The van der Waals surface area contributed by atoms with Crippen LogP contribution in [0.2, 0.25) is 0 Å². The van der Waals surface area contributed by atoms with E-state index in [1.807, 2.05) is 13.8 Å². The first-order chi connectivity index (χ1) is 8.38. The van der Waals surface area contributed by atoms with Gasteiger partial charge in [-0.15, -0.1) is 0 Å². The van der Waals surface area contributed by atoms with Gasteiger partial charge in [0.1, 0.15) is 0 Å². The molecule has 1 nitrogen and oxygen atoms in total. The lowest BCUT2D eigenvalue weighted by Gasteiger charge is -2.30. The summed E-state index contributed by atoms with van der Waals surface area (Å²) in [5.41, 5.74) is 3.25. The minimum Gasteiger partial charge on any atom is -0.355 e. The topological polar surface area (TPSA) is 9.23 Å². The molecule has 0 aliphatic rings. The second kappa shape index (κ2) is 4.94. The quantitative estimate of drug-likeness (QED) is 0.719. The fourth-order valence-electron chi connectivity index (χ4n) is 1.90. The van der Waals surface area contributed by atoms with E-state index in [-0.39, 0.29) is 10.8 Å². The maximum Gasteiger partial charge on any atom is 0.174 e. The van der Waals surface area contributed by atoms with E-state index in [1.54, 1.807) is 0 Å². The van der Waals surface area contributed by atoms with Gasteiger partial charge in [0, 0.05) is 0 Å². The van der Waals surface area contributed by atoms with Gasteiger partial charge in [0.2, 0.25) is 0 Å². The number of hydrogen-bond donors (Lipinski definition) is 0. The van der Waals surface area contributed by atoms with E-state index in [4.69, 9.17) is 11.8 Å². The third-order valence-electron chi connectivity index (χ3n) is 3.62. The smallest absolute Gasteiger partial charge is 0.174 e. The molecule has 0 saturated carbocycles. The Morgan fingerprint density at radius 2 is 1.00 bits per heavy atom. The van der Waals surface area contributed by atoms with Crippen molar-refractivity contribution in [3.8, 4) is 0 Å². The van der Waals surface area contributed by atoms with Gasteiger partial charge in [0.05, 0.1) is 5.60 Å². The molecule has 0 fully saturated rings. The highest BCUT2D eigenvalue weighted by Crippen LogP contribution is 2.34. The highest BCUT2D eigenvalue weighted by atomic mass is 16.5. The second-order valence-electron chi connectivity index (χ2n) is 7.91. The number of rotatable bonds is 2. The first kappa shape index (κ1) is 16.2. The van der Waals surface area contributed by atoms with E-state index < -0.39 is 5.60 Å². The van der Waals surface area contributed by atoms with Crippen LogP contribution in [-0.2, 0) is 21.2 Å². The van der Waals surface area contributed by atoms with Gasteiger partial charge in [-0.2, -0.15) is 0 Å². The van der Waals surface area contributed by atoms with Gasteiger partial charge in [-0.1, -0.05) is 59.7 Å². The van der Waals surface area contributed by atoms with Gasteiger partial charge in [-0.05, 0) is 41.4 Å². The van der Waals surface area contributed by atoms with Gasteiger partial charge in [0.25, 0.3) is 0 Å². The summed E-state index contributed by atoms with van der Waals surface area (Å²) in [6.45, 7) is 17.2. The molecule has 0 heterocycles. The van der Waals surface area contributed by atoms with Crippen molar-refractivity contribution in [2.75, 3.05) is 0 Å². The second-order valence-corrected chi connectivity index (χ2v) is 7.91. The predicted molar refractivity (Wildman–Crippen MR) is 81.2 cm³/mol. The summed E-state index contributed by atoms with van der Waals surface area (Å²) in [5.74, 6) is 0. The molecular formula is C18H27O. The number of benzene rings is 1. The van der Waals surface area contributed by atoms with Crippen LogP contribution in [0.3, 0.4) is 0 Å². The molecule has 0 amide bonds. The fraction of sp³-hybridized carbons (Fsp3) is 0.611. The zero-order chi connectivity index (χ0) is 15.1. The molecule has 0 bridgehead atoms. The Kier molecular flexibility index (Phi) is 4.22. The monoisotopic (exact) mass is 259 g/mol. The molecule has 19 heavy (non-hydrogen) atoms. The van der Waals surface area contributed by atoms with Crippen LogP contribution < -0.4 is 0 Å². The molecule has 3 radical (unpaired) electrons. The molecular weight excluding hydrogens is 232 g/mol. The highest BCUT2D eigenvalue weighted by Gasteiger charge is 2.26. The Bertz CT molecular complexity index is 409. The Labute approximate surface area is 119 Å². The van der Waals surface area contributed by atoms with Crippen molar-refractivity contribution >= 4 is 0 Å². The lowest BCUT2D eigenvalue weighted by Crippen LogP contribution is -2.23. The number of hydrogen-bond acceptors (Lipinski definition) is 1. The van der Waals surface area contributed by atoms with Gasteiger partial charge in [-0.3, -0.25) is 0 Å². The summed E-state index contributed by atoms with van der Waals surface area (Å²) in [5, 5.41) is 0. The number of ether oxygens (including phenoxy) is 1. The van der Waals surface area contributed by atoms with Gasteiger partial charge >= 0.3 is 0 Å². The zero-order valence-corrected chi connectivity index (χ0v) is 13.6. The first-order valence-corrected chi connectivity index (χ1v) is 6.89. The molecule has 0 spiro atoms. The molecule has 0 aromatic heterocycles. The summed E-state index contributed by atoms with van der Waals surface area (Å²) in [7, 11) is 7.30. The third-order valence-corrected chi connectivity index (χ3v) is 3.62. The van der Waals surface area contributed by atoms with E-state index in [1.165, 1.54) is 11.1 Å². The maximum absolute atomic E-state index is 7.30. The largest absolute Gasteiger partial charge is 0.355 e. The van der Waals surface area contributed by atoms with Crippen LogP contribution in [0.25, 0.3) is 0 Å². The van der Waals surface area contributed by atoms with Gasteiger partial charge in [0.15, 0.2) is 7.11 Å². The lowest BCUT2D eigenvalue weighted by atomic mass is 9.78. The van der Waals surface area contributed by atoms with E-state index in [0.717, 1.165) is 5.56 Å². The minimum absolute atomic E-state index is 0.0914. The van der Waals surface area contributed by atoms with Gasteiger partial charge in [-0.25, -0.2) is 0 Å². The normalized spacial score (nSPS) is 13.7. The molecule has 0 aliphatic heterocycles. The predicted octanol–water partition coefficient (Wildman–Crippen LogP) is 5.08. The third kappa shape index (κ3) is 3.82. The molecule has 0 saturated heterocycles. The zero-order valence-electron chi connectivity index (χ0n) is 13.6. The minimum atomic E-state index is -0.582. The fourth-order valence-corrected chi connectivity index (χ4v) is 1.90. The lowest BCUT2D eigenvalue weighted by molar-refractivity contribution is 0.0493. The first-order valence-electron chi connectivity index (χ1n) is 6.89. The highest BCUT2D eigenvalue weighted by molar-refractivity contribution is 5.39. The van der Waals surface area contributed by atoms with E-state index in [9.17, 15) is 0 Å². The van der Waals surface area contributed by atoms with Gasteiger partial charge < -0.3 is 4.74 Å². The Morgan fingerprint density at radius 3 is 1.26 bits per heavy atom. The van der Waals surface area contributed by atoms with Crippen molar-refractivity contribution in [1.82, 2.24) is 0 Å².